The second kappa shape index (κ2) is 6.34. The van der Waals surface area contributed by atoms with Crippen LogP contribution in [-0.4, -0.2) is 33.6 Å². The first-order valence-electron chi connectivity index (χ1n) is 6.30. The largest absolute Gasteiger partial charge is 0.496 e. The van der Waals surface area contributed by atoms with Crippen LogP contribution in [0.2, 0.25) is 0 Å². The van der Waals surface area contributed by atoms with Crippen LogP contribution in [0, 0.1) is 0 Å². The van der Waals surface area contributed by atoms with Crippen molar-refractivity contribution in [2.24, 2.45) is 0 Å². The third-order valence-corrected chi connectivity index (χ3v) is 4.23. The summed E-state index contributed by atoms with van der Waals surface area (Å²) in [7, 11) is 3.47. The molecule has 1 aliphatic heterocycles. The standard InChI is InChI=1S/C14H21NO2S/c1-16-12-8-14(18-3)13(17-2)7-11(12)10-5-4-6-15-9-10/h7-8,10,15H,4-6,9H2,1-3H3/t10-/m0/s1. The van der Waals surface area contributed by atoms with Crippen LogP contribution in [0.3, 0.4) is 0 Å². The number of thioether (sulfide) groups is 1. The molecule has 0 aromatic heterocycles. The normalized spacial score (nSPS) is 19.6. The zero-order chi connectivity index (χ0) is 13.0. The van der Waals surface area contributed by atoms with Crippen molar-refractivity contribution in [3.63, 3.8) is 0 Å². The van der Waals surface area contributed by atoms with Gasteiger partial charge in [0, 0.05) is 18.0 Å². The van der Waals surface area contributed by atoms with Crippen molar-refractivity contribution in [3.05, 3.63) is 17.7 Å². The van der Waals surface area contributed by atoms with Crippen molar-refractivity contribution in [3.8, 4) is 11.5 Å². The highest BCUT2D eigenvalue weighted by atomic mass is 32.2. The highest BCUT2D eigenvalue weighted by Gasteiger charge is 2.21. The molecule has 1 aliphatic rings. The van der Waals surface area contributed by atoms with Gasteiger partial charge in [0.05, 0.1) is 19.1 Å². The molecule has 0 radical (unpaired) electrons. The summed E-state index contributed by atoms with van der Waals surface area (Å²) in [6, 6.07) is 4.23. The molecular weight excluding hydrogens is 246 g/mol. The molecule has 1 saturated heterocycles. The molecule has 1 aromatic carbocycles. The van der Waals surface area contributed by atoms with Crippen LogP contribution in [0.15, 0.2) is 17.0 Å². The van der Waals surface area contributed by atoms with Crippen molar-refractivity contribution in [2.75, 3.05) is 33.6 Å². The molecular formula is C14H21NO2S. The maximum Gasteiger partial charge on any atom is 0.132 e. The molecule has 0 bridgehead atoms. The van der Waals surface area contributed by atoms with Gasteiger partial charge in [-0.05, 0) is 37.8 Å². The molecule has 100 valence electrons. The van der Waals surface area contributed by atoms with Crippen LogP contribution in [0.5, 0.6) is 11.5 Å². The Morgan fingerprint density at radius 2 is 2.00 bits per heavy atom. The molecule has 0 unspecified atom stereocenters. The van der Waals surface area contributed by atoms with Gasteiger partial charge in [-0.25, -0.2) is 0 Å². The number of hydrogen-bond acceptors (Lipinski definition) is 4. The van der Waals surface area contributed by atoms with Gasteiger partial charge >= 0.3 is 0 Å². The van der Waals surface area contributed by atoms with E-state index < -0.39 is 0 Å². The molecule has 0 aliphatic carbocycles. The summed E-state index contributed by atoms with van der Waals surface area (Å²) in [5.41, 5.74) is 1.26. The molecule has 1 N–H and O–H groups in total. The molecule has 0 spiro atoms. The Kier molecular flexibility index (Phi) is 4.78. The Morgan fingerprint density at radius 3 is 2.56 bits per heavy atom. The van der Waals surface area contributed by atoms with E-state index in [1.807, 2.05) is 0 Å². The second-order valence-electron chi connectivity index (χ2n) is 4.49. The van der Waals surface area contributed by atoms with E-state index in [4.69, 9.17) is 9.47 Å². The Balaban J connectivity index is 2.37. The summed E-state index contributed by atoms with van der Waals surface area (Å²) in [6.45, 7) is 2.15. The van der Waals surface area contributed by atoms with Crippen molar-refractivity contribution in [1.82, 2.24) is 5.32 Å². The van der Waals surface area contributed by atoms with E-state index in [9.17, 15) is 0 Å². The zero-order valence-electron chi connectivity index (χ0n) is 11.3. The third kappa shape index (κ3) is 2.75. The molecule has 0 amide bonds. The Labute approximate surface area is 113 Å². The minimum Gasteiger partial charge on any atom is -0.496 e. The Hall–Kier alpha value is -0.870. The first-order chi connectivity index (χ1) is 8.80. The highest BCUT2D eigenvalue weighted by molar-refractivity contribution is 7.98. The van der Waals surface area contributed by atoms with E-state index in [1.165, 1.54) is 18.4 Å². The van der Waals surface area contributed by atoms with Gasteiger partial charge in [0.2, 0.25) is 0 Å². The lowest BCUT2D eigenvalue weighted by molar-refractivity contribution is 0.378. The maximum atomic E-state index is 5.54. The predicted molar refractivity (Wildman–Crippen MR) is 76.2 cm³/mol. The SMILES string of the molecule is COc1cc([C@H]2CCCNC2)c(OC)cc1SC. The maximum absolute atomic E-state index is 5.54. The van der Waals surface area contributed by atoms with E-state index in [2.05, 4.69) is 23.7 Å². The van der Waals surface area contributed by atoms with Crippen LogP contribution in [0.1, 0.15) is 24.3 Å². The van der Waals surface area contributed by atoms with E-state index in [1.54, 1.807) is 26.0 Å². The summed E-state index contributed by atoms with van der Waals surface area (Å²) in [4.78, 5) is 1.13. The fourth-order valence-electron chi connectivity index (χ4n) is 2.49. The van der Waals surface area contributed by atoms with Gasteiger partial charge in [0.1, 0.15) is 11.5 Å². The molecule has 18 heavy (non-hydrogen) atoms. The molecule has 3 nitrogen and oxygen atoms in total. The van der Waals surface area contributed by atoms with Crippen LogP contribution < -0.4 is 14.8 Å². The van der Waals surface area contributed by atoms with Gasteiger partial charge in [-0.1, -0.05) is 0 Å². The summed E-state index contributed by atoms with van der Waals surface area (Å²) in [5.74, 6) is 2.45. The summed E-state index contributed by atoms with van der Waals surface area (Å²) < 4.78 is 11.0. The number of nitrogens with one attached hydrogen (secondary N) is 1. The van der Waals surface area contributed by atoms with Gasteiger partial charge in [-0.15, -0.1) is 11.8 Å². The van der Waals surface area contributed by atoms with Crippen LogP contribution in [0.4, 0.5) is 0 Å². The predicted octanol–water partition coefficient (Wildman–Crippen LogP) is 2.89. The minimum absolute atomic E-state index is 0.526. The Bertz CT molecular complexity index is 403. The average Bonchev–Trinajstić information content (AvgIpc) is 2.46. The smallest absolute Gasteiger partial charge is 0.132 e. The highest BCUT2D eigenvalue weighted by Crippen LogP contribution is 2.39. The van der Waals surface area contributed by atoms with Crippen LogP contribution in [-0.2, 0) is 0 Å². The molecule has 0 saturated carbocycles. The first kappa shape index (κ1) is 13.6. The number of piperidine rings is 1. The molecule has 1 heterocycles. The first-order valence-corrected chi connectivity index (χ1v) is 7.53. The topological polar surface area (TPSA) is 30.5 Å². The van der Waals surface area contributed by atoms with Gasteiger partial charge in [-0.2, -0.15) is 0 Å². The van der Waals surface area contributed by atoms with E-state index in [0.717, 1.165) is 29.5 Å². The lowest BCUT2D eigenvalue weighted by Gasteiger charge is -2.25. The molecule has 1 aromatic rings. The van der Waals surface area contributed by atoms with Gasteiger partial charge < -0.3 is 14.8 Å². The van der Waals surface area contributed by atoms with Crippen LogP contribution in [0.25, 0.3) is 0 Å². The van der Waals surface area contributed by atoms with Gasteiger partial charge in [0.25, 0.3) is 0 Å². The van der Waals surface area contributed by atoms with E-state index in [-0.39, 0.29) is 0 Å². The summed E-state index contributed by atoms with van der Waals surface area (Å²) >= 11 is 1.68. The average molecular weight is 267 g/mol. The zero-order valence-corrected chi connectivity index (χ0v) is 12.1. The lowest BCUT2D eigenvalue weighted by atomic mass is 9.91. The monoisotopic (exact) mass is 267 g/mol. The van der Waals surface area contributed by atoms with Crippen molar-refractivity contribution < 1.29 is 9.47 Å². The van der Waals surface area contributed by atoms with Crippen LogP contribution >= 0.6 is 11.8 Å². The number of benzene rings is 1. The van der Waals surface area contributed by atoms with Gasteiger partial charge in [0.15, 0.2) is 0 Å². The quantitative estimate of drug-likeness (QED) is 0.850. The Morgan fingerprint density at radius 1 is 1.22 bits per heavy atom. The minimum atomic E-state index is 0.526. The van der Waals surface area contributed by atoms with Crippen molar-refractivity contribution in [2.45, 2.75) is 23.7 Å². The number of rotatable bonds is 4. The molecule has 4 heteroatoms. The summed E-state index contributed by atoms with van der Waals surface area (Å²) in [6.07, 6.45) is 4.49. The lowest BCUT2D eigenvalue weighted by Crippen LogP contribution is -2.28. The van der Waals surface area contributed by atoms with E-state index in [0.29, 0.717) is 5.92 Å². The molecule has 2 rings (SSSR count). The summed E-state index contributed by atoms with van der Waals surface area (Å²) in [5, 5.41) is 3.45. The van der Waals surface area contributed by atoms with Gasteiger partial charge in [-0.3, -0.25) is 0 Å². The number of hydrogen-bond donors (Lipinski definition) is 1. The third-order valence-electron chi connectivity index (χ3n) is 3.47. The second-order valence-corrected chi connectivity index (χ2v) is 5.34. The number of ether oxygens (including phenoxy) is 2. The van der Waals surface area contributed by atoms with E-state index >= 15 is 0 Å². The number of methoxy groups -OCH3 is 2. The molecule has 1 atom stereocenters. The fraction of sp³-hybridized carbons (Fsp3) is 0.571. The fourth-order valence-corrected chi connectivity index (χ4v) is 3.06. The van der Waals surface area contributed by atoms with Crippen molar-refractivity contribution in [1.29, 1.82) is 0 Å². The van der Waals surface area contributed by atoms with Crippen molar-refractivity contribution >= 4 is 11.8 Å². The molecule has 1 fully saturated rings.